The molecule has 1 heterocycles. The molecular weight excluding hydrogens is 336 g/mol. The predicted octanol–water partition coefficient (Wildman–Crippen LogP) is 2.99. The summed E-state index contributed by atoms with van der Waals surface area (Å²) < 4.78 is 53.0. The molecule has 0 spiro atoms. The SMILES string of the molecule is Cl.OCCC[C@@H](c1ccc(F)cc1C(F)(F)F)N1CCNCC1. The van der Waals surface area contributed by atoms with Gasteiger partial charge in [-0.2, -0.15) is 13.2 Å². The van der Waals surface area contributed by atoms with E-state index in [9.17, 15) is 17.6 Å². The van der Waals surface area contributed by atoms with Crippen molar-refractivity contribution in [3.63, 3.8) is 0 Å². The van der Waals surface area contributed by atoms with Crippen molar-refractivity contribution in [1.29, 1.82) is 0 Å². The lowest BCUT2D eigenvalue weighted by Gasteiger charge is -2.36. The van der Waals surface area contributed by atoms with Gasteiger partial charge in [0.25, 0.3) is 0 Å². The molecule has 0 aromatic heterocycles. The van der Waals surface area contributed by atoms with Crippen LogP contribution in [0.3, 0.4) is 0 Å². The molecule has 0 unspecified atom stereocenters. The monoisotopic (exact) mass is 356 g/mol. The van der Waals surface area contributed by atoms with Gasteiger partial charge in [0.2, 0.25) is 0 Å². The minimum Gasteiger partial charge on any atom is -0.396 e. The molecule has 1 aliphatic heterocycles. The molecule has 0 bridgehead atoms. The molecule has 1 aliphatic rings. The van der Waals surface area contributed by atoms with Gasteiger partial charge in [0.05, 0.1) is 5.56 Å². The van der Waals surface area contributed by atoms with Crippen LogP contribution in [0.1, 0.15) is 30.0 Å². The van der Waals surface area contributed by atoms with Crippen LogP contribution in [0.25, 0.3) is 0 Å². The lowest BCUT2D eigenvalue weighted by Crippen LogP contribution is -2.45. The van der Waals surface area contributed by atoms with Crippen molar-refractivity contribution in [3.05, 3.63) is 35.1 Å². The number of hydrogen-bond acceptors (Lipinski definition) is 3. The number of halogens is 5. The van der Waals surface area contributed by atoms with E-state index in [1.54, 1.807) is 0 Å². The molecule has 1 saturated heterocycles. The second kappa shape index (κ2) is 8.82. The van der Waals surface area contributed by atoms with Gasteiger partial charge >= 0.3 is 6.18 Å². The van der Waals surface area contributed by atoms with E-state index >= 15 is 0 Å². The molecule has 1 aromatic carbocycles. The summed E-state index contributed by atoms with van der Waals surface area (Å²) in [5, 5.41) is 12.2. The van der Waals surface area contributed by atoms with Crippen molar-refractivity contribution in [2.24, 2.45) is 0 Å². The van der Waals surface area contributed by atoms with Gasteiger partial charge < -0.3 is 10.4 Å². The predicted molar refractivity (Wildman–Crippen MR) is 82.2 cm³/mol. The van der Waals surface area contributed by atoms with Crippen LogP contribution in [0.2, 0.25) is 0 Å². The Hall–Kier alpha value is -0.890. The quantitative estimate of drug-likeness (QED) is 0.796. The average molecular weight is 357 g/mol. The third-order valence-electron chi connectivity index (χ3n) is 3.91. The van der Waals surface area contributed by atoms with Crippen LogP contribution in [0.4, 0.5) is 17.6 Å². The topological polar surface area (TPSA) is 35.5 Å². The van der Waals surface area contributed by atoms with E-state index in [-0.39, 0.29) is 24.6 Å². The number of nitrogens with zero attached hydrogens (tertiary/aromatic N) is 1. The van der Waals surface area contributed by atoms with Crippen LogP contribution < -0.4 is 5.32 Å². The first-order valence-electron chi connectivity index (χ1n) is 7.35. The maximum atomic E-state index is 13.3. The molecule has 1 fully saturated rings. The highest BCUT2D eigenvalue weighted by atomic mass is 35.5. The Bertz CT molecular complexity index is 493. The number of aliphatic hydroxyl groups is 1. The van der Waals surface area contributed by atoms with Crippen molar-refractivity contribution in [3.8, 4) is 0 Å². The smallest absolute Gasteiger partial charge is 0.396 e. The number of hydrogen-bond donors (Lipinski definition) is 2. The third-order valence-corrected chi connectivity index (χ3v) is 3.91. The summed E-state index contributed by atoms with van der Waals surface area (Å²) in [6.07, 6.45) is -3.78. The largest absolute Gasteiger partial charge is 0.416 e. The Balaban J connectivity index is 0.00000264. The van der Waals surface area contributed by atoms with Crippen LogP contribution in [0.15, 0.2) is 18.2 Å². The molecule has 0 saturated carbocycles. The molecule has 132 valence electrons. The molecule has 0 aliphatic carbocycles. The number of aliphatic hydroxyl groups excluding tert-OH is 1. The van der Waals surface area contributed by atoms with Crippen LogP contribution >= 0.6 is 12.4 Å². The van der Waals surface area contributed by atoms with Crippen molar-refractivity contribution in [2.75, 3.05) is 32.8 Å². The fraction of sp³-hybridized carbons (Fsp3) is 0.600. The van der Waals surface area contributed by atoms with Crippen LogP contribution in [-0.2, 0) is 6.18 Å². The fourth-order valence-corrected chi connectivity index (χ4v) is 2.88. The first-order chi connectivity index (χ1) is 10.4. The number of rotatable bonds is 5. The second-order valence-corrected chi connectivity index (χ2v) is 5.40. The minimum absolute atomic E-state index is 0. The Kier molecular flexibility index (Phi) is 7.73. The van der Waals surface area contributed by atoms with Gasteiger partial charge in [0.1, 0.15) is 5.82 Å². The maximum Gasteiger partial charge on any atom is 0.416 e. The molecule has 3 nitrogen and oxygen atoms in total. The molecule has 2 N–H and O–H groups in total. The van der Waals surface area contributed by atoms with Gasteiger partial charge in [0.15, 0.2) is 0 Å². The van der Waals surface area contributed by atoms with Crippen LogP contribution in [-0.4, -0.2) is 42.8 Å². The van der Waals surface area contributed by atoms with E-state index in [0.29, 0.717) is 45.1 Å². The summed E-state index contributed by atoms with van der Waals surface area (Å²) in [5.74, 6) is -0.891. The lowest BCUT2D eigenvalue weighted by atomic mass is 9.94. The van der Waals surface area contributed by atoms with E-state index < -0.39 is 23.6 Å². The van der Waals surface area contributed by atoms with Gasteiger partial charge in [-0.25, -0.2) is 4.39 Å². The molecule has 1 aromatic rings. The third kappa shape index (κ3) is 5.31. The van der Waals surface area contributed by atoms with E-state index in [1.807, 2.05) is 4.90 Å². The van der Waals surface area contributed by atoms with Crippen LogP contribution in [0, 0.1) is 5.82 Å². The normalized spacial score (nSPS) is 17.6. The van der Waals surface area contributed by atoms with Gasteiger partial charge in [0, 0.05) is 38.8 Å². The van der Waals surface area contributed by atoms with Crippen molar-refractivity contribution < 1.29 is 22.7 Å². The highest BCUT2D eigenvalue weighted by molar-refractivity contribution is 5.85. The van der Waals surface area contributed by atoms with Gasteiger partial charge in [-0.3, -0.25) is 4.90 Å². The highest BCUT2D eigenvalue weighted by Crippen LogP contribution is 2.38. The first-order valence-corrected chi connectivity index (χ1v) is 7.35. The second-order valence-electron chi connectivity index (χ2n) is 5.40. The molecule has 8 heteroatoms. The standard InChI is InChI=1S/C15H20F4N2O.ClH/c16-11-3-4-12(13(10-11)15(17,18)19)14(2-1-9-22)21-7-5-20-6-8-21;/h3-4,10,14,20,22H,1-2,5-9H2;1H/t14-;/m0./s1. The number of alkyl halides is 3. The summed E-state index contributed by atoms with van der Waals surface area (Å²) in [7, 11) is 0. The lowest BCUT2D eigenvalue weighted by molar-refractivity contribution is -0.139. The van der Waals surface area contributed by atoms with Gasteiger partial charge in [-0.05, 0) is 30.5 Å². The summed E-state index contributed by atoms with van der Waals surface area (Å²) in [4.78, 5) is 1.97. The van der Waals surface area contributed by atoms with Crippen molar-refractivity contribution >= 4 is 12.4 Å². The summed E-state index contributed by atoms with van der Waals surface area (Å²) in [6, 6.07) is 2.39. The number of nitrogens with one attached hydrogen (secondary N) is 1. The molecular formula is C15H21ClF4N2O. The van der Waals surface area contributed by atoms with Crippen molar-refractivity contribution in [2.45, 2.75) is 25.1 Å². The zero-order valence-corrected chi connectivity index (χ0v) is 13.4. The van der Waals surface area contributed by atoms with E-state index in [4.69, 9.17) is 5.11 Å². The van der Waals surface area contributed by atoms with E-state index in [0.717, 1.165) is 6.07 Å². The molecule has 2 rings (SSSR count). The van der Waals surface area contributed by atoms with Crippen molar-refractivity contribution in [1.82, 2.24) is 10.2 Å². The number of piperazine rings is 1. The highest BCUT2D eigenvalue weighted by Gasteiger charge is 2.37. The Morgan fingerprint density at radius 3 is 2.43 bits per heavy atom. The summed E-state index contributed by atoms with van der Waals surface area (Å²) in [6.45, 7) is 2.59. The van der Waals surface area contributed by atoms with Gasteiger partial charge in [-0.15, -0.1) is 12.4 Å². The summed E-state index contributed by atoms with van der Waals surface area (Å²) >= 11 is 0. The molecule has 1 atom stereocenters. The maximum absolute atomic E-state index is 13.3. The zero-order chi connectivity index (χ0) is 16.2. The molecule has 0 amide bonds. The van der Waals surface area contributed by atoms with E-state index in [1.165, 1.54) is 6.07 Å². The number of benzene rings is 1. The first kappa shape index (κ1) is 20.2. The zero-order valence-electron chi connectivity index (χ0n) is 12.6. The molecule has 23 heavy (non-hydrogen) atoms. The Labute approximate surface area is 139 Å². The fourth-order valence-electron chi connectivity index (χ4n) is 2.88. The average Bonchev–Trinajstić information content (AvgIpc) is 2.49. The molecule has 0 radical (unpaired) electrons. The Morgan fingerprint density at radius 2 is 1.87 bits per heavy atom. The van der Waals surface area contributed by atoms with Gasteiger partial charge in [-0.1, -0.05) is 6.07 Å². The van der Waals surface area contributed by atoms with E-state index in [2.05, 4.69) is 5.32 Å². The summed E-state index contributed by atoms with van der Waals surface area (Å²) in [5.41, 5.74) is -0.835. The minimum atomic E-state index is -4.59. The van der Waals surface area contributed by atoms with Crippen LogP contribution in [0.5, 0.6) is 0 Å². The Morgan fingerprint density at radius 1 is 1.22 bits per heavy atom.